The van der Waals surface area contributed by atoms with Crippen molar-refractivity contribution in [3.8, 4) is 0 Å². The molecule has 0 saturated heterocycles. The minimum Gasteiger partial charge on any atom is -0.271 e. The molecule has 4 heteroatoms. The van der Waals surface area contributed by atoms with Gasteiger partial charge >= 0.3 is 0 Å². The van der Waals surface area contributed by atoms with Crippen molar-refractivity contribution in [2.45, 2.75) is 38.6 Å². The van der Waals surface area contributed by atoms with E-state index in [1.165, 1.54) is 34.3 Å². The summed E-state index contributed by atoms with van der Waals surface area (Å²) in [6.45, 7) is 2.35. The molecule has 0 amide bonds. The highest BCUT2D eigenvalue weighted by molar-refractivity contribution is 9.11. The van der Waals surface area contributed by atoms with E-state index in [-0.39, 0.29) is 0 Å². The lowest BCUT2D eigenvalue weighted by molar-refractivity contribution is 0.226. The van der Waals surface area contributed by atoms with E-state index in [2.05, 4.69) is 40.4 Å². The molecule has 2 rings (SSSR count). The second-order valence-corrected chi connectivity index (χ2v) is 7.31. The minimum atomic E-state index is 0.332. The summed E-state index contributed by atoms with van der Waals surface area (Å²) in [6, 6.07) is 4.62. The van der Waals surface area contributed by atoms with Crippen LogP contribution in [0.3, 0.4) is 0 Å². The van der Waals surface area contributed by atoms with Crippen molar-refractivity contribution in [1.29, 1.82) is 0 Å². The summed E-state index contributed by atoms with van der Waals surface area (Å²) in [6.07, 6.45) is 5.32. The molecule has 1 aliphatic rings. The Labute approximate surface area is 110 Å². The van der Waals surface area contributed by atoms with E-state index < -0.39 is 0 Å². The number of nitrogens with one attached hydrogen (secondary N) is 1. The molecular formula is C12H19BrN2S. The van der Waals surface area contributed by atoms with Gasteiger partial charge in [-0.3, -0.25) is 11.3 Å². The fraction of sp³-hybridized carbons (Fsp3) is 0.667. The van der Waals surface area contributed by atoms with Crippen molar-refractivity contribution in [2.24, 2.45) is 17.7 Å². The molecule has 16 heavy (non-hydrogen) atoms. The van der Waals surface area contributed by atoms with Crippen LogP contribution in [0.1, 0.15) is 43.5 Å². The first kappa shape index (κ1) is 12.6. The maximum atomic E-state index is 5.73. The number of hydrogen-bond acceptors (Lipinski definition) is 3. The predicted molar refractivity (Wildman–Crippen MR) is 73.2 cm³/mol. The Morgan fingerprint density at radius 3 is 2.88 bits per heavy atom. The average molecular weight is 303 g/mol. The number of halogens is 1. The van der Waals surface area contributed by atoms with Crippen molar-refractivity contribution in [2.75, 3.05) is 0 Å². The number of rotatable bonds is 3. The molecule has 2 nitrogen and oxygen atoms in total. The highest BCUT2D eigenvalue weighted by Gasteiger charge is 2.27. The maximum absolute atomic E-state index is 5.73. The summed E-state index contributed by atoms with van der Waals surface area (Å²) >= 11 is 5.30. The smallest absolute Gasteiger partial charge is 0.0702 e. The fourth-order valence-electron chi connectivity index (χ4n) is 2.73. The van der Waals surface area contributed by atoms with Gasteiger partial charge in [-0.25, -0.2) is 0 Å². The molecule has 1 heterocycles. The average Bonchev–Trinajstić information content (AvgIpc) is 2.66. The third-order valence-corrected chi connectivity index (χ3v) is 5.24. The Hall–Kier alpha value is 0.1000. The van der Waals surface area contributed by atoms with Crippen LogP contribution >= 0.6 is 27.3 Å². The Balaban J connectivity index is 2.09. The van der Waals surface area contributed by atoms with Gasteiger partial charge in [-0.05, 0) is 52.7 Å². The zero-order valence-corrected chi connectivity index (χ0v) is 12.0. The highest BCUT2D eigenvalue weighted by Crippen LogP contribution is 2.39. The first-order chi connectivity index (χ1) is 7.70. The van der Waals surface area contributed by atoms with Crippen LogP contribution < -0.4 is 11.3 Å². The van der Waals surface area contributed by atoms with Crippen LogP contribution in [0.4, 0.5) is 0 Å². The van der Waals surface area contributed by atoms with Gasteiger partial charge in [-0.2, -0.15) is 0 Å². The number of hydrazine groups is 1. The van der Waals surface area contributed by atoms with Crippen molar-refractivity contribution in [3.63, 3.8) is 0 Å². The number of hydrogen-bond donors (Lipinski definition) is 2. The van der Waals surface area contributed by atoms with Crippen LogP contribution in [0.5, 0.6) is 0 Å². The zero-order chi connectivity index (χ0) is 11.5. The molecule has 1 aromatic rings. The molecular weight excluding hydrogens is 284 g/mol. The standard InChI is InChI=1S/C12H19BrN2S/c1-8-3-2-4-9(7-8)12(15-14)10-5-6-11(13)16-10/h5-6,8-9,12,15H,2-4,7,14H2,1H3. The monoisotopic (exact) mass is 302 g/mol. The van der Waals surface area contributed by atoms with E-state index in [4.69, 9.17) is 5.84 Å². The van der Waals surface area contributed by atoms with Gasteiger partial charge in [0.2, 0.25) is 0 Å². The van der Waals surface area contributed by atoms with Gasteiger partial charge in [-0.15, -0.1) is 11.3 Å². The zero-order valence-electron chi connectivity index (χ0n) is 9.58. The molecule has 0 aliphatic heterocycles. The third kappa shape index (κ3) is 2.86. The van der Waals surface area contributed by atoms with E-state index >= 15 is 0 Å². The first-order valence-electron chi connectivity index (χ1n) is 5.92. The molecule has 0 spiro atoms. The SMILES string of the molecule is CC1CCCC(C(NN)c2ccc(Br)s2)C1. The van der Waals surface area contributed by atoms with E-state index in [0.29, 0.717) is 12.0 Å². The topological polar surface area (TPSA) is 38.0 Å². The molecule has 0 bridgehead atoms. The molecule has 3 N–H and O–H groups in total. The molecule has 1 aliphatic carbocycles. The van der Waals surface area contributed by atoms with E-state index in [0.717, 1.165) is 5.92 Å². The van der Waals surface area contributed by atoms with Crippen LogP contribution in [-0.2, 0) is 0 Å². The van der Waals surface area contributed by atoms with Crippen LogP contribution in [0, 0.1) is 11.8 Å². The quantitative estimate of drug-likeness (QED) is 0.657. The van der Waals surface area contributed by atoms with Crippen molar-refractivity contribution in [1.82, 2.24) is 5.43 Å². The summed E-state index contributed by atoms with van der Waals surface area (Å²) in [7, 11) is 0. The first-order valence-corrected chi connectivity index (χ1v) is 7.53. The lowest BCUT2D eigenvalue weighted by atomic mass is 9.78. The molecule has 90 valence electrons. The molecule has 3 atom stereocenters. The Kier molecular flexibility index (Phi) is 4.41. The highest BCUT2D eigenvalue weighted by atomic mass is 79.9. The molecule has 1 aromatic heterocycles. The molecule has 0 radical (unpaired) electrons. The van der Waals surface area contributed by atoms with Crippen molar-refractivity contribution < 1.29 is 0 Å². The van der Waals surface area contributed by atoms with Gasteiger partial charge in [-0.1, -0.05) is 19.8 Å². The normalized spacial score (nSPS) is 27.9. The van der Waals surface area contributed by atoms with Gasteiger partial charge in [0, 0.05) is 4.88 Å². The van der Waals surface area contributed by atoms with Crippen molar-refractivity contribution in [3.05, 3.63) is 20.8 Å². The van der Waals surface area contributed by atoms with Gasteiger partial charge in [0.1, 0.15) is 0 Å². The summed E-state index contributed by atoms with van der Waals surface area (Å²) in [5, 5.41) is 0. The Morgan fingerprint density at radius 2 is 2.31 bits per heavy atom. The largest absolute Gasteiger partial charge is 0.271 e. The van der Waals surface area contributed by atoms with Crippen molar-refractivity contribution >= 4 is 27.3 Å². The maximum Gasteiger partial charge on any atom is 0.0702 e. The van der Waals surface area contributed by atoms with E-state index in [1.807, 2.05) is 0 Å². The van der Waals surface area contributed by atoms with Gasteiger partial charge in [0.05, 0.1) is 9.83 Å². The Morgan fingerprint density at radius 1 is 1.50 bits per heavy atom. The summed E-state index contributed by atoms with van der Waals surface area (Å²) in [5.74, 6) is 7.27. The minimum absolute atomic E-state index is 0.332. The second-order valence-electron chi connectivity index (χ2n) is 4.82. The van der Waals surface area contributed by atoms with E-state index in [1.54, 1.807) is 11.3 Å². The van der Waals surface area contributed by atoms with Gasteiger partial charge in [0.15, 0.2) is 0 Å². The van der Waals surface area contributed by atoms with Crippen LogP contribution in [0.15, 0.2) is 15.9 Å². The lowest BCUT2D eigenvalue weighted by Gasteiger charge is -2.32. The van der Waals surface area contributed by atoms with Crippen LogP contribution in [0.25, 0.3) is 0 Å². The van der Waals surface area contributed by atoms with Crippen LogP contribution in [-0.4, -0.2) is 0 Å². The molecule has 0 aromatic carbocycles. The second kappa shape index (κ2) is 5.63. The Bertz CT molecular complexity index is 340. The summed E-state index contributed by atoms with van der Waals surface area (Å²) in [4.78, 5) is 1.36. The van der Waals surface area contributed by atoms with Crippen LogP contribution in [0.2, 0.25) is 0 Å². The summed E-state index contributed by atoms with van der Waals surface area (Å²) < 4.78 is 1.19. The molecule has 3 unspecified atom stereocenters. The molecule has 1 fully saturated rings. The summed E-state index contributed by atoms with van der Waals surface area (Å²) in [5.41, 5.74) is 3.01. The lowest BCUT2D eigenvalue weighted by Crippen LogP contribution is -2.35. The van der Waals surface area contributed by atoms with Gasteiger partial charge in [0.25, 0.3) is 0 Å². The third-order valence-electron chi connectivity index (χ3n) is 3.53. The number of thiophene rings is 1. The van der Waals surface area contributed by atoms with Gasteiger partial charge < -0.3 is 0 Å². The van der Waals surface area contributed by atoms with E-state index in [9.17, 15) is 0 Å². The number of nitrogens with two attached hydrogens (primary N) is 1. The predicted octanol–water partition coefficient (Wildman–Crippen LogP) is 3.84. The fourth-order valence-corrected chi connectivity index (χ4v) is 4.31. The molecule has 1 saturated carbocycles.